The number of hydrogen-bond donors (Lipinski definition) is 0. The zero-order valence-electron chi connectivity index (χ0n) is 13.6. The van der Waals surface area contributed by atoms with Gasteiger partial charge in [-0.05, 0) is 30.7 Å². The lowest BCUT2D eigenvalue weighted by Crippen LogP contribution is -2.49. The van der Waals surface area contributed by atoms with Crippen molar-refractivity contribution < 1.29 is 9.18 Å². The maximum Gasteiger partial charge on any atom is 0.227 e. The van der Waals surface area contributed by atoms with Crippen LogP contribution in [0.5, 0.6) is 0 Å². The van der Waals surface area contributed by atoms with Crippen molar-refractivity contribution >= 4 is 23.2 Å². The fraction of sp³-hybridized carbons (Fsp3) is 0.316. The van der Waals surface area contributed by atoms with Gasteiger partial charge in [0.25, 0.3) is 0 Å². The van der Waals surface area contributed by atoms with Crippen LogP contribution in [-0.2, 0) is 11.2 Å². The molecule has 1 aliphatic rings. The number of aryl methyl sites for hydroxylation is 1. The Kier molecular flexibility index (Phi) is 5.05. The molecule has 1 saturated heterocycles. The molecule has 2 aromatic rings. The van der Waals surface area contributed by atoms with Crippen LogP contribution >= 0.6 is 11.6 Å². The molecule has 0 atom stereocenters. The van der Waals surface area contributed by atoms with E-state index >= 15 is 0 Å². The summed E-state index contributed by atoms with van der Waals surface area (Å²) in [4.78, 5) is 16.4. The molecule has 0 radical (unpaired) electrons. The second-order valence-electron chi connectivity index (χ2n) is 6.13. The third-order valence-corrected chi connectivity index (χ3v) is 4.67. The lowest BCUT2D eigenvalue weighted by atomic mass is 10.1. The summed E-state index contributed by atoms with van der Waals surface area (Å²) in [7, 11) is 0. The van der Waals surface area contributed by atoms with Gasteiger partial charge in [-0.25, -0.2) is 4.39 Å². The van der Waals surface area contributed by atoms with E-state index in [1.165, 1.54) is 11.6 Å². The first-order chi connectivity index (χ1) is 11.5. The van der Waals surface area contributed by atoms with E-state index in [1.807, 2.05) is 36.1 Å². The Labute approximate surface area is 146 Å². The molecule has 1 amide bonds. The number of hydrogen-bond acceptors (Lipinski definition) is 2. The number of anilines is 1. The predicted molar refractivity (Wildman–Crippen MR) is 95.1 cm³/mol. The molecule has 1 fully saturated rings. The standard InChI is InChI=1S/C19H20ClFN2O/c1-14-2-4-15(5-3-14)12-19(24)23-10-8-22(9-11-23)16-6-7-18(21)17(20)13-16/h2-7,13H,8-12H2,1H3. The van der Waals surface area contributed by atoms with Gasteiger partial charge in [-0.2, -0.15) is 0 Å². The van der Waals surface area contributed by atoms with E-state index < -0.39 is 5.82 Å². The number of carbonyl (C=O) groups is 1. The topological polar surface area (TPSA) is 23.6 Å². The Morgan fingerprint density at radius 2 is 1.75 bits per heavy atom. The smallest absolute Gasteiger partial charge is 0.227 e. The molecule has 0 bridgehead atoms. The van der Waals surface area contributed by atoms with Crippen molar-refractivity contribution in [1.82, 2.24) is 4.90 Å². The molecule has 0 aliphatic carbocycles. The summed E-state index contributed by atoms with van der Waals surface area (Å²) in [6.45, 7) is 4.81. The van der Waals surface area contributed by atoms with E-state index in [2.05, 4.69) is 4.90 Å². The minimum atomic E-state index is -0.410. The van der Waals surface area contributed by atoms with E-state index in [-0.39, 0.29) is 10.9 Å². The van der Waals surface area contributed by atoms with Crippen LogP contribution in [0, 0.1) is 12.7 Å². The maximum absolute atomic E-state index is 13.3. The van der Waals surface area contributed by atoms with Crippen LogP contribution in [0.3, 0.4) is 0 Å². The zero-order chi connectivity index (χ0) is 17.1. The summed E-state index contributed by atoms with van der Waals surface area (Å²) in [5.41, 5.74) is 3.13. The van der Waals surface area contributed by atoms with Crippen LogP contribution in [0.4, 0.5) is 10.1 Å². The average Bonchev–Trinajstić information content (AvgIpc) is 2.59. The van der Waals surface area contributed by atoms with E-state index in [1.54, 1.807) is 12.1 Å². The van der Waals surface area contributed by atoms with Crippen molar-refractivity contribution in [2.75, 3.05) is 31.1 Å². The number of nitrogens with zero attached hydrogens (tertiary/aromatic N) is 2. The molecule has 126 valence electrons. The normalized spacial score (nSPS) is 14.8. The fourth-order valence-electron chi connectivity index (χ4n) is 2.89. The Morgan fingerprint density at radius 1 is 1.08 bits per heavy atom. The van der Waals surface area contributed by atoms with Crippen molar-refractivity contribution in [3.05, 3.63) is 64.4 Å². The SMILES string of the molecule is Cc1ccc(CC(=O)N2CCN(c3ccc(F)c(Cl)c3)CC2)cc1. The Balaban J connectivity index is 1.57. The van der Waals surface area contributed by atoms with Gasteiger partial charge >= 0.3 is 0 Å². The summed E-state index contributed by atoms with van der Waals surface area (Å²) < 4.78 is 13.3. The van der Waals surface area contributed by atoms with Gasteiger partial charge in [0, 0.05) is 31.9 Å². The molecular weight excluding hydrogens is 327 g/mol. The zero-order valence-corrected chi connectivity index (χ0v) is 14.4. The fourth-order valence-corrected chi connectivity index (χ4v) is 3.06. The van der Waals surface area contributed by atoms with Gasteiger partial charge in [0.05, 0.1) is 11.4 Å². The summed E-state index contributed by atoms with van der Waals surface area (Å²) in [5.74, 6) is -0.261. The molecule has 0 unspecified atom stereocenters. The number of benzene rings is 2. The van der Waals surface area contributed by atoms with Crippen LogP contribution in [0.25, 0.3) is 0 Å². The average molecular weight is 347 g/mol. The number of rotatable bonds is 3. The molecular formula is C19H20ClFN2O. The van der Waals surface area contributed by atoms with Crippen LogP contribution in [0.2, 0.25) is 5.02 Å². The van der Waals surface area contributed by atoms with E-state index in [0.717, 1.165) is 24.3 Å². The number of halogens is 2. The lowest BCUT2D eigenvalue weighted by Gasteiger charge is -2.36. The van der Waals surface area contributed by atoms with Gasteiger partial charge in [-0.3, -0.25) is 4.79 Å². The first kappa shape index (κ1) is 16.8. The van der Waals surface area contributed by atoms with Crippen molar-refractivity contribution in [1.29, 1.82) is 0 Å². The van der Waals surface area contributed by atoms with Gasteiger partial charge in [0.15, 0.2) is 0 Å². The Hall–Kier alpha value is -2.07. The van der Waals surface area contributed by atoms with E-state index in [4.69, 9.17) is 11.6 Å². The molecule has 2 aromatic carbocycles. The van der Waals surface area contributed by atoms with Crippen LogP contribution in [0.1, 0.15) is 11.1 Å². The van der Waals surface area contributed by atoms with Crippen LogP contribution < -0.4 is 4.90 Å². The predicted octanol–water partition coefficient (Wildman–Crippen LogP) is 3.68. The first-order valence-corrected chi connectivity index (χ1v) is 8.44. The van der Waals surface area contributed by atoms with E-state index in [9.17, 15) is 9.18 Å². The molecule has 24 heavy (non-hydrogen) atoms. The molecule has 0 N–H and O–H groups in total. The maximum atomic E-state index is 13.3. The molecule has 1 aliphatic heterocycles. The highest BCUT2D eigenvalue weighted by molar-refractivity contribution is 6.31. The van der Waals surface area contributed by atoms with Gasteiger partial charge < -0.3 is 9.80 Å². The second-order valence-corrected chi connectivity index (χ2v) is 6.54. The monoisotopic (exact) mass is 346 g/mol. The number of piperazine rings is 1. The Morgan fingerprint density at radius 3 is 2.38 bits per heavy atom. The molecule has 3 rings (SSSR count). The summed E-state index contributed by atoms with van der Waals surface area (Å²) in [6, 6.07) is 12.8. The largest absolute Gasteiger partial charge is 0.368 e. The molecule has 1 heterocycles. The third kappa shape index (κ3) is 3.88. The second kappa shape index (κ2) is 7.22. The van der Waals surface area contributed by atoms with Crippen LogP contribution in [0.15, 0.2) is 42.5 Å². The summed E-state index contributed by atoms with van der Waals surface area (Å²) in [5, 5.41) is 0.130. The minimum Gasteiger partial charge on any atom is -0.368 e. The van der Waals surface area contributed by atoms with Gasteiger partial charge in [0.1, 0.15) is 5.82 Å². The highest BCUT2D eigenvalue weighted by Gasteiger charge is 2.21. The van der Waals surface area contributed by atoms with Gasteiger partial charge in [-0.15, -0.1) is 0 Å². The number of carbonyl (C=O) groups excluding carboxylic acids is 1. The third-order valence-electron chi connectivity index (χ3n) is 4.38. The minimum absolute atomic E-state index is 0.130. The molecule has 3 nitrogen and oxygen atoms in total. The molecule has 5 heteroatoms. The lowest BCUT2D eigenvalue weighted by molar-refractivity contribution is -0.130. The van der Waals surface area contributed by atoms with Crippen molar-refractivity contribution in [3.63, 3.8) is 0 Å². The molecule has 0 aromatic heterocycles. The van der Waals surface area contributed by atoms with Gasteiger partial charge in [0.2, 0.25) is 5.91 Å². The molecule has 0 saturated carbocycles. The molecule has 0 spiro atoms. The quantitative estimate of drug-likeness (QED) is 0.846. The summed E-state index contributed by atoms with van der Waals surface area (Å²) >= 11 is 5.85. The summed E-state index contributed by atoms with van der Waals surface area (Å²) in [6.07, 6.45) is 0.433. The van der Waals surface area contributed by atoms with Gasteiger partial charge in [-0.1, -0.05) is 41.4 Å². The Bertz CT molecular complexity index is 725. The number of amides is 1. The van der Waals surface area contributed by atoms with Crippen molar-refractivity contribution in [2.45, 2.75) is 13.3 Å². The highest BCUT2D eigenvalue weighted by atomic mass is 35.5. The van der Waals surface area contributed by atoms with Crippen LogP contribution in [-0.4, -0.2) is 37.0 Å². The van der Waals surface area contributed by atoms with E-state index in [0.29, 0.717) is 19.5 Å². The first-order valence-electron chi connectivity index (χ1n) is 8.06. The highest BCUT2D eigenvalue weighted by Crippen LogP contribution is 2.23. The van der Waals surface area contributed by atoms with Crippen molar-refractivity contribution in [3.8, 4) is 0 Å². The van der Waals surface area contributed by atoms with Crippen molar-refractivity contribution in [2.24, 2.45) is 0 Å².